The Hall–Kier alpha value is -12.5. The quantitative estimate of drug-likeness (QED) is 0.127. The molecule has 4 nitrogen and oxygen atoms in total. The third-order valence-corrected chi connectivity index (χ3v) is 36.1. The lowest BCUT2D eigenvalue weighted by Crippen LogP contribution is -2.88. The van der Waals surface area contributed by atoms with Gasteiger partial charge in [0.15, 0.2) is 16.1 Å². The first kappa shape index (κ1) is 79.3. The van der Waals surface area contributed by atoms with E-state index in [2.05, 4.69) is 493 Å². The van der Waals surface area contributed by atoms with Crippen LogP contribution in [0.5, 0.6) is 0 Å². The molecule has 122 heavy (non-hydrogen) atoms. The van der Waals surface area contributed by atoms with Crippen LogP contribution in [0, 0.1) is 13.8 Å². The van der Waals surface area contributed by atoms with Gasteiger partial charge < -0.3 is 19.6 Å². The van der Waals surface area contributed by atoms with E-state index in [0.29, 0.717) is 5.02 Å². The van der Waals surface area contributed by atoms with Gasteiger partial charge in [0, 0.05) is 56.6 Å². The summed E-state index contributed by atoms with van der Waals surface area (Å²) in [6.45, 7) is 31.9. The van der Waals surface area contributed by atoms with Gasteiger partial charge in [-0.3, -0.25) is 0 Å². The summed E-state index contributed by atoms with van der Waals surface area (Å²) < 4.78 is 0. The van der Waals surface area contributed by atoms with Gasteiger partial charge in [0.1, 0.15) is 0 Å². The highest BCUT2D eigenvalue weighted by Crippen LogP contribution is 2.52. The Labute approximate surface area is 730 Å². The third kappa shape index (κ3) is 13.4. The summed E-state index contributed by atoms with van der Waals surface area (Å²) >= 11 is 7.97. The summed E-state index contributed by atoms with van der Waals surface area (Å²) in [7, 11) is -5.90. The van der Waals surface area contributed by atoms with Crippen molar-refractivity contribution >= 4 is 161 Å². The topological polar surface area (TPSA) is 13.0 Å². The lowest BCUT2D eigenvalue weighted by atomic mass is 9.33. The van der Waals surface area contributed by atoms with Crippen LogP contribution in [0.2, 0.25) is 5.02 Å². The van der Waals surface area contributed by atoms with Crippen LogP contribution in [0.1, 0.15) is 116 Å². The molecule has 8 heteroatoms. The number of nitrogens with zero attached hydrogens (tertiary/aromatic N) is 4. The highest BCUT2D eigenvalue weighted by molar-refractivity contribution is 7.27. The van der Waals surface area contributed by atoms with E-state index in [1.54, 1.807) is 0 Å². The number of rotatable bonds is 10. The summed E-state index contributed by atoms with van der Waals surface area (Å²) in [5.74, 6) is 0. The van der Waals surface area contributed by atoms with E-state index in [0.717, 1.165) is 50.8 Å². The molecule has 0 fully saturated rings. The van der Waals surface area contributed by atoms with Crippen LogP contribution in [0.15, 0.2) is 376 Å². The second-order valence-electron chi connectivity index (χ2n) is 37.9. The fraction of sp³-hybridized carbons (Fsp3) is 0.158. The highest BCUT2D eigenvalue weighted by Gasteiger charge is 2.57. The van der Waals surface area contributed by atoms with Crippen molar-refractivity contribution in [3.63, 3.8) is 0 Å². The van der Waals surface area contributed by atoms with Crippen molar-refractivity contribution < 1.29 is 0 Å². The average molecular weight is 1630 g/mol. The van der Waals surface area contributed by atoms with Crippen LogP contribution < -0.4 is 77.5 Å². The second kappa shape index (κ2) is 30.6. The summed E-state index contributed by atoms with van der Waals surface area (Å²) in [4.78, 5) is 10.00. The Morgan fingerprint density at radius 2 is 0.525 bits per heavy atom. The largest absolute Gasteiger partial charge is 0.311 e. The predicted octanol–water partition coefficient (Wildman–Crippen LogP) is 23.6. The van der Waals surface area contributed by atoms with Gasteiger partial charge in [-0.2, -0.15) is 0 Å². The van der Waals surface area contributed by atoms with Gasteiger partial charge in [-0.1, -0.05) is 374 Å². The molecule has 20 rings (SSSR count). The first-order valence-corrected chi connectivity index (χ1v) is 47.6. The number of halogens is 1. The molecule has 0 radical (unpaired) electrons. The molecule has 0 aliphatic carbocycles. The molecule has 4 aliphatic rings. The average Bonchev–Trinajstić information content (AvgIpc) is 0.660. The maximum Gasteiger partial charge on any atom is 0.251 e. The van der Waals surface area contributed by atoms with Gasteiger partial charge in [0.2, 0.25) is 0 Å². The number of hydrogen-bond acceptors (Lipinski definition) is 4. The first-order valence-electron chi connectivity index (χ1n) is 43.3. The van der Waals surface area contributed by atoms with Crippen LogP contribution in [0.25, 0.3) is 22.3 Å². The zero-order chi connectivity index (χ0) is 84.4. The fourth-order valence-electron chi connectivity index (χ4n) is 20.1. The molecule has 4 aliphatic heterocycles. The smallest absolute Gasteiger partial charge is 0.251 e. The Balaban J connectivity index is 0.000000161. The molecule has 0 spiro atoms. The summed E-state index contributed by atoms with van der Waals surface area (Å²) in [6, 6.07) is 142. The molecule has 0 atom stereocenters. The normalized spacial score (nSPS) is 14.1. The van der Waals surface area contributed by atoms with Crippen molar-refractivity contribution in [3.8, 4) is 22.3 Å². The molecule has 0 saturated heterocycles. The van der Waals surface area contributed by atoms with E-state index in [4.69, 9.17) is 11.6 Å². The van der Waals surface area contributed by atoms with Gasteiger partial charge in [0.05, 0.1) is 27.8 Å². The molecule has 598 valence electrons. The minimum Gasteiger partial charge on any atom is -0.311 e. The minimum absolute atomic E-state index is 0.0126. The standard InChI is InChI=1S/C57H51BN2Si.C57H53ClN2Si/c1-38-36-49-53-50(37-38)60(46-23-15-14-22-45(46)39-28-30-40(31-29-39)56(2,3)4)48-25-17-27-52-55(48)58(53)54-47(59(49)42-34-32-41(33-35-42)57(5,6)7)24-16-26-51(54)61(52,43-18-10-8-11-19-43)44-20-12-9-13-21-44;1-40-36-53-55(58)54(37-40)60(52-27-15-14-26-51(52)41-28-30-42(31-29-41)56(2,3)4)46-19-17-25-50(39-46)61(47-20-10-8-11-21-47,48-22-12-9-13-23-48)49-24-16-18-45(38-49)59(53)44-34-32-43(33-35-44)57(5,6)7/h8-37H,1-7H3;8-39H,1-7H3. The van der Waals surface area contributed by atoms with Gasteiger partial charge >= 0.3 is 0 Å². The van der Waals surface area contributed by atoms with E-state index >= 15 is 0 Å². The maximum atomic E-state index is 7.97. The van der Waals surface area contributed by atoms with Crippen LogP contribution in [-0.2, 0) is 21.7 Å². The van der Waals surface area contributed by atoms with Gasteiger partial charge in [-0.15, -0.1) is 0 Å². The van der Waals surface area contributed by atoms with Crippen LogP contribution >= 0.6 is 11.6 Å². The highest BCUT2D eigenvalue weighted by atomic mass is 35.5. The van der Waals surface area contributed by atoms with E-state index in [9.17, 15) is 0 Å². The van der Waals surface area contributed by atoms with Crippen LogP contribution in [0.3, 0.4) is 0 Å². The molecule has 0 saturated carbocycles. The van der Waals surface area contributed by atoms with Crippen LogP contribution in [-0.4, -0.2) is 22.9 Å². The van der Waals surface area contributed by atoms with Gasteiger partial charge in [-0.05, 0) is 235 Å². The van der Waals surface area contributed by atoms with E-state index in [-0.39, 0.29) is 28.4 Å². The number of anilines is 12. The van der Waals surface area contributed by atoms with Crippen molar-refractivity contribution in [1.82, 2.24) is 0 Å². The number of aryl methyl sites for hydroxylation is 2. The first-order chi connectivity index (χ1) is 58.8. The SMILES string of the molecule is Cc1cc2c(Cl)c(c1)N(c1ccccc1-c1ccc(C(C)(C)C)cc1)c1cccc(c1)[Si](c1ccccc1)(c1ccccc1)c1cccc(c1)N2c1ccc(C(C)(C)C)cc1.Cc1cc2c3c(c1)N(c1ccccc1-c1ccc(C(C)(C)C)cc1)c1cccc4c1B3c1c(cccc1[Si]4(c1ccccc1)c1ccccc1)N2c1ccc(C(C)(C)C)cc1. The Morgan fingerprint density at radius 3 is 0.934 bits per heavy atom. The molecule has 0 N–H and O–H groups in total. The number of hydrogen-bond donors (Lipinski definition) is 0. The maximum absolute atomic E-state index is 7.97. The summed E-state index contributed by atoms with van der Waals surface area (Å²) in [6.07, 6.45) is 0. The molecule has 16 aromatic carbocycles. The van der Waals surface area contributed by atoms with Crippen molar-refractivity contribution in [2.45, 2.75) is 119 Å². The van der Waals surface area contributed by atoms with Crippen LogP contribution in [0.4, 0.5) is 68.2 Å². The molecule has 0 unspecified atom stereocenters. The minimum atomic E-state index is -2.98. The van der Waals surface area contributed by atoms with Crippen molar-refractivity contribution in [2.24, 2.45) is 0 Å². The summed E-state index contributed by atoms with van der Waals surface area (Å²) in [5, 5.41) is 11.7. The lowest BCUT2D eigenvalue weighted by molar-refractivity contribution is 0.590. The van der Waals surface area contributed by atoms with E-state index in [1.807, 2.05) is 0 Å². The zero-order valence-corrected chi connectivity index (χ0v) is 75.3. The van der Waals surface area contributed by atoms with Crippen molar-refractivity contribution in [2.75, 3.05) is 19.6 Å². The number of fused-ring (bicyclic) bond motifs is 6. The molecular formula is C114H104BClN4Si2. The zero-order valence-electron chi connectivity index (χ0n) is 72.5. The third-order valence-electron chi connectivity index (χ3n) is 26.0. The van der Waals surface area contributed by atoms with Gasteiger partial charge in [0.25, 0.3) is 6.71 Å². The predicted molar refractivity (Wildman–Crippen MR) is 531 cm³/mol. The van der Waals surface area contributed by atoms with Gasteiger partial charge in [-0.25, -0.2) is 0 Å². The van der Waals surface area contributed by atoms with Crippen molar-refractivity contribution in [1.29, 1.82) is 0 Å². The summed E-state index contributed by atoms with van der Waals surface area (Å²) in [5.41, 5.74) is 30.4. The van der Waals surface area contributed by atoms with E-state index < -0.39 is 16.1 Å². The van der Waals surface area contributed by atoms with Crippen molar-refractivity contribution in [3.05, 3.63) is 415 Å². The molecular weight excluding hydrogens is 1530 g/mol. The Bertz CT molecular complexity index is 6560. The fourth-order valence-corrected chi connectivity index (χ4v) is 30.5. The number of benzene rings is 16. The molecule has 4 heterocycles. The number of para-hydroxylation sites is 2. The second-order valence-corrected chi connectivity index (χ2v) is 45.9. The molecule has 16 aromatic rings. The molecule has 0 aromatic heterocycles. The Kier molecular flexibility index (Phi) is 19.9. The lowest BCUT2D eigenvalue weighted by Gasteiger charge is -2.51. The Morgan fingerprint density at radius 1 is 0.230 bits per heavy atom. The molecule has 6 bridgehead atoms. The van der Waals surface area contributed by atoms with E-state index in [1.165, 1.54) is 131 Å². The molecule has 0 amide bonds. The monoisotopic (exact) mass is 1630 g/mol.